The third-order valence-corrected chi connectivity index (χ3v) is 6.74. The summed E-state index contributed by atoms with van der Waals surface area (Å²) in [5.41, 5.74) is 2.95. The van der Waals surface area contributed by atoms with E-state index in [1.165, 1.54) is 11.8 Å². The van der Waals surface area contributed by atoms with E-state index in [4.69, 9.17) is 4.98 Å². The Morgan fingerprint density at radius 3 is 2.70 bits per heavy atom. The molecule has 3 heterocycles. The van der Waals surface area contributed by atoms with Gasteiger partial charge in [-0.15, -0.1) is 0 Å². The van der Waals surface area contributed by atoms with Crippen LogP contribution in [0.4, 0.5) is 0 Å². The van der Waals surface area contributed by atoms with Crippen LogP contribution in [0.2, 0.25) is 0 Å². The van der Waals surface area contributed by atoms with Gasteiger partial charge in [0, 0.05) is 24.1 Å². The fourth-order valence-electron chi connectivity index (χ4n) is 4.23. The summed E-state index contributed by atoms with van der Waals surface area (Å²) in [5, 5.41) is 1.36. The van der Waals surface area contributed by atoms with E-state index >= 15 is 0 Å². The van der Waals surface area contributed by atoms with Crippen LogP contribution in [0.15, 0.2) is 63.4 Å². The van der Waals surface area contributed by atoms with E-state index in [9.17, 15) is 9.59 Å². The number of thioether (sulfide) groups is 1. The number of para-hydroxylation sites is 1. The van der Waals surface area contributed by atoms with Crippen molar-refractivity contribution in [2.24, 2.45) is 0 Å². The number of aryl methyl sites for hydroxylation is 1. The molecule has 152 valence electrons. The summed E-state index contributed by atoms with van der Waals surface area (Å²) >= 11 is 1.48. The summed E-state index contributed by atoms with van der Waals surface area (Å²) in [6.07, 6.45) is 6.01. The van der Waals surface area contributed by atoms with Crippen molar-refractivity contribution in [3.63, 3.8) is 0 Å². The van der Waals surface area contributed by atoms with Crippen LogP contribution in [0.1, 0.15) is 43.0 Å². The van der Waals surface area contributed by atoms with Gasteiger partial charge in [0.1, 0.15) is 5.65 Å². The molecule has 1 aliphatic rings. The molecule has 3 aromatic heterocycles. The average molecular weight is 419 g/mol. The Labute approximate surface area is 177 Å². The molecule has 0 amide bonds. The van der Waals surface area contributed by atoms with Gasteiger partial charge in [-0.3, -0.25) is 18.6 Å². The van der Waals surface area contributed by atoms with Crippen molar-refractivity contribution in [3.05, 3.63) is 80.6 Å². The van der Waals surface area contributed by atoms with Crippen LogP contribution in [0.25, 0.3) is 16.6 Å². The smallest absolute Gasteiger partial charge is 0.262 e. The first-order chi connectivity index (χ1) is 14.6. The topological polar surface area (TPSA) is 69.3 Å². The minimum absolute atomic E-state index is 0.0254. The molecule has 30 heavy (non-hydrogen) atoms. The molecule has 7 heteroatoms. The zero-order valence-electron chi connectivity index (χ0n) is 16.7. The maximum Gasteiger partial charge on any atom is 0.262 e. The van der Waals surface area contributed by atoms with Crippen molar-refractivity contribution >= 4 is 28.3 Å². The Morgan fingerprint density at radius 1 is 1.07 bits per heavy atom. The fraction of sp³-hybridized carbons (Fsp3) is 0.304. The first-order valence-electron chi connectivity index (χ1n) is 10.2. The fourth-order valence-corrected chi connectivity index (χ4v) is 5.19. The van der Waals surface area contributed by atoms with Crippen LogP contribution >= 0.6 is 11.8 Å². The minimum atomic E-state index is -0.0982. The lowest BCUT2D eigenvalue weighted by Crippen LogP contribution is -2.26. The predicted octanol–water partition coefficient (Wildman–Crippen LogP) is 4.12. The summed E-state index contributed by atoms with van der Waals surface area (Å²) in [4.78, 5) is 35.3. The number of pyridine rings is 1. The van der Waals surface area contributed by atoms with Crippen molar-refractivity contribution in [1.82, 2.24) is 18.9 Å². The molecule has 0 saturated heterocycles. The Hall–Kier alpha value is -2.93. The van der Waals surface area contributed by atoms with Gasteiger partial charge in [-0.1, -0.05) is 42.8 Å². The van der Waals surface area contributed by atoms with Crippen LogP contribution in [0.3, 0.4) is 0 Å². The first-order valence-corrected chi connectivity index (χ1v) is 11.2. The molecule has 1 fully saturated rings. The molecule has 6 nitrogen and oxygen atoms in total. The van der Waals surface area contributed by atoms with E-state index in [0.717, 1.165) is 31.2 Å². The summed E-state index contributed by atoms with van der Waals surface area (Å²) in [5.74, 6) is 0.484. The molecule has 1 saturated carbocycles. The number of aromatic nitrogens is 4. The Kier molecular flexibility index (Phi) is 4.90. The van der Waals surface area contributed by atoms with Gasteiger partial charge in [-0.05, 0) is 43.5 Å². The van der Waals surface area contributed by atoms with Gasteiger partial charge in [-0.2, -0.15) is 0 Å². The van der Waals surface area contributed by atoms with Crippen LogP contribution < -0.4 is 11.1 Å². The largest absolute Gasteiger partial charge is 0.284 e. The van der Waals surface area contributed by atoms with Crippen molar-refractivity contribution in [2.75, 3.05) is 0 Å². The van der Waals surface area contributed by atoms with E-state index in [-0.39, 0.29) is 17.2 Å². The molecule has 4 aromatic rings. The van der Waals surface area contributed by atoms with Crippen LogP contribution in [0, 0.1) is 6.92 Å². The summed E-state index contributed by atoms with van der Waals surface area (Å²) in [7, 11) is 0. The van der Waals surface area contributed by atoms with Gasteiger partial charge in [0.2, 0.25) is 0 Å². The maximum atomic E-state index is 13.3. The predicted molar refractivity (Wildman–Crippen MR) is 119 cm³/mol. The van der Waals surface area contributed by atoms with E-state index in [2.05, 4.69) is 4.98 Å². The highest BCUT2D eigenvalue weighted by Gasteiger charge is 2.23. The van der Waals surface area contributed by atoms with Crippen molar-refractivity contribution in [1.29, 1.82) is 0 Å². The van der Waals surface area contributed by atoms with E-state index in [1.807, 2.05) is 47.9 Å². The van der Waals surface area contributed by atoms with Gasteiger partial charge in [0.25, 0.3) is 11.1 Å². The monoisotopic (exact) mass is 418 g/mol. The second kappa shape index (κ2) is 7.72. The van der Waals surface area contributed by atoms with Crippen molar-refractivity contribution in [3.8, 4) is 0 Å². The molecule has 0 radical (unpaired) electrons. The highest BCUT2D eigenvalue weighted by atomic mass is 32.2. The molecule has 0 N–H and O–H groups in total. The summed E-state index contributed by atoms with van der Waals surface area (Å²) in [6.45, 7) is 1.95. The number of nitrogens with zero attached hydrogens (tertiary/aromatic N) is 4. The lowest BCUT2D eigenvalue weighted by atomic mass is 10.2. The Morgan fingerprint density at radius 2 is 1.87 bits per heavy atom. The molecule has 1 aromatic carbocycles. The third kappa shape index (κ3) is 3.33. The van der Waals surface area contributed by atoms with Crippen LogP contribution in [0.5, 0.6) is 0 Å². The zero-order chi connectivity index (χ0) is 20.7. The Balaban J connectivity index is 1.56. The third-order valence-electron chi connectivity index (χ3n) is 5.75. The summed E-state index contributed by atoms with van der Waals surface area (Å²) in [6, 6.07) is 13.1. The highest BCUT2D eigenvalue weighted by Crippen LogP contribution is 2.32. The normalized spacial score (nSPS) is 14.7. The van der Waals surface area contributed by atoms with Gasteiger partial charge in [-0.25, -0.2) is 9.97 Å². The average Bonchev–Trinajstić information content (AvgIpc) is 3.27. The van der Waals surface area contributed by atoms with Gasteiger partial charge >= 0.3 is 0 Å². The number of benzene rings is 1. The van der Waals surface area contributed by atoms with Gasteiger partial charge in [0.05, 0.1) is 16.6 Å². The molecule has 1 aliphatic carbocycles. The molecule has 0 spiro atoms. The second-order valence-electron chi connectivity index (χ2n) is 7.78. The number of fused-ring (bicyclic) bond motifs is 2. The van der Waals surface area contributed by atoms with Crippen molar-refractivity contribution < 1.29 is 0 Å². The molecule has 0 bridgehead atoms. The van der Waals surface area contributed by atoms with E-state index in [1.54, 1.807) is 16.7 Å². The minimum Gasteiger partial charge on any atom is -0.284 e. The number of hydrogen-bond acceptors (Lipinski definition) is 5. The standard InChI is InChI=1S/C23H22N4O2S/c1-15-7-6-12-26-20(28)13-16(24-21(15)26)14-30-23-25-19-11-5-4-10-18(19)22(29)27(23)17-8-2-3-9-17/h4-7,10-13,17H,2-3,8-9,14H2,1H3. The molecular formula is C23H22N4O2S. The first kappa shape index (κ1) is 19.1. The number of rotatable bonds is 4. The molecule has 5 rings (SSSR count). The SMILES string of the molecule is Cc1cccn2c(=O)cc(CSc3nc4ccccc4c(=O)n3C3CCCC3)nc12. The van der Waals surface area contributed by atoms with E-state index < -0.39 is 0 Å². The molecule has 0 aliphatic heterocycles. The molecular weight excluding hydrogens is 396 g/mol. The summed E-state index contributed by atoms with van der Waals surface area (Å²) < 4.78 is 3.44. The quantitative estimate of drug-likeness (QED) is 0.368. The lowest BCUT2D eigenvalue weighted by Gasteiger charge is -2.18. The lowest BCUT2D eigenvalue weighted by molar-refractivity contribution is 0.457. The molecule has 0 unspecified atom stereocenters. The van der Waals surface area contributed by atoms with Crippen LogP contribution in [-0.2, 0) is 5.75 Å². The van der Waals surface area contributed by atoms with Gasteiger partial charge in [0.15, 0.2) is 5.16 Å². The van der Waals surface area contributed by atoms with Gasteiger partial charge < -0.3 is 0 Å². The van der Waals surface area contributed by atoms with Crippen molar-refractivity contribution in [2.45, 2.75) is 49.6 Å². The second-order valence-corrected chi connectivity index (χ2v) is 8.73. The number of hydrogen-bond donors (Lipinski definition) is 0. The highest BCUT2D eigenvalue weighted by molar-refractivity contribution is 7.98. The molecule has 0 atom stereocenters. The Bertz CT molecular complexity index is 1370. The zero-order valence-corrected chi connectivity index (χ0v) is 17.6. The van der Waals surface area contributed by atoms with E-state index in [0.29, 0.717) is 33.2 Å². The maximum absolute atomic E-state index is 13.3. The van der Waals surface area contributed by atoms with Crippen LogP contribution in [-0.4, -0.2) is 18.9 Å².